The molecular weight excluding hydrogens is 593 g/mol. The molecule has 11 nitrogen and oxygen atoms in total. The molecule has 3 aromatic heterocycles. The van der Waals surface area contributed by atoms with E-state index in [1.165, 1.54) is 6.20 Å². The smallest absolute Gasteiger partial charge is 0.407 e. The molecule has 1 fully saturated rings. The van der Waals surface area contributed by atoms with E-state index in [2.05, 4.69) is 22.1 Å². The maximum atomic E-state index is 12.2. The van der Waals surface area contributed by atoms with Crippen molar-refractivity contribution in [2.45, 2.75) is 52.7 Å². The van der Waals surface area contributed by atoms with Crippen molar-refractivity contribution in [1.29, 1.82) is 0 Å². The van der Waals surface area contributed by atoms with Crippen molar-refractivity contribution < 1.29 is 19.0 Å². The number of amides is 1. The Bertz CT molecular complexity index is 1600. The molecule has 1 amide bonds. The fourth-order valence-electron chi connectivity index (χ4n) is 4.78. The number of rotatable bonds is 8. The summed E-state index contributed by atoms with van der Waals surface area (Å²) in [6.45, 7) is 10.2. The van der Waals surface area contributed by atoms with Crippen molar-refractivity contribution >= 4 is 46.3 Å². The van der Waals surface area contributed by atoms with Crippen LogP contribution in [0.25, 0.3) is 11.2 Å². The van der Waals surface area contributed by atoms with Gasteiger partial charge in [-0.2, -0.15) is 0 Å². The van der Waals surface area contributed by atoms with Crippen LogP contribution in [-0.4, -0.2) is 63.2 Å². The summed E-state index contributed by atoms with van der Waals surface area (Å²) in [5.41, 5.74) is 1.46. The van der Waals surface area contributed by atoms with Gasteiger partial charge in [0.15, 0.2) is 22.1 Å². The minimum absolute atomic E-state index is 0.0623. The molecule has 1 aliphatic heterocycles. The number of ether oxygens (including phenoxy) is 3. The minimum Gasteiger partial charge on any atom is -0.497 e. The van der Waals surface area contributed by atoms with Crippen molar-refractivity contribution in [3.05, 3.63) is 58.5 Å². The topological polar surface area (TPSA) is 117 Å². The first-order chi connectivity index (χ1) is 20.4. The van der Waals surface area contributed by atoms with E-state index in [4.69, 9.17) is 52.5 Å². The Hall–Kier alpha value is -3.83. The summed E-state index contributed by atoms with van der Waals surface area (Å²) in [5, 5.41) is 7.96. The predicted molar refractivity (Wildman–Crippen MR) is 166 cm³/mol. The Balaban J connectivity index is 1.37. The third kappa shape index (κ3) is 7.40. The molecule has 1 aliphatic rings. The third-order valence-electron chi connectivity index (χ3n) is 7.26. The number of nitrogens with one attached hydrogen (secondary N) is 1. The van der Waals surface area contributed by atoms with Gasteiger partial charge in [-0.05, 0) is 56.7 Å². The Kier molecular flexibility index (Phi) is 8.84. The molecule has 43 heavy (non-hydrogen) atoms. The highest BCUT2D eigenvalue weighted by Crippen LogP contribution is 2.36. The van der Waals surface area contributed by atoms with Gasteiger partial charge >= 0.3 is 6.09 Å². The molecule has 1 aromatic carbocycles. The van der Waals surface area contributed by atoms with E-state index in [0.29, 0.717) is 30.0 Å². The van der Waals surface area contributed by atoms with Crippen LogP contribution >= 0.6 is 23.2 Å². The number of alkyl carbamates (subject to hydrolysis) is 1. The normalized spacial score (nSPS) is 14.9. The number of anilines is 1. The van der Waals surface area contributed by atoms with E-state index in [1.54, 1.807) is 24.1 Å². The van der Waals surface area contributed by atoms with Crippen molar-refractivity contribution in [1.82, 2.24) is 30.0 Å². The second kappa shape index (κ2) is 12.4. The van der Waals surface area contributed by atoms with Crippen LogP contribution in [0.2, 0.25) is 10.2 Å². The molecule has 228 valence electrons. The van der Waals surface area contributed by atoms with E-state index >= 15 is 0 Å². The maximum absolute atomic E-state index is 12.2. The van der Waals surface area contributed by atoms with Crippen LogP contribution in [0.15, 0.2) is 42.7 Å². The summed E-state index contributed by atoms with van der Waals surface area (Å²) in [6, 6.07) is 9.36. The number of piperidine rings is 1. The van der Waals surface area contributed by atoms with Crippen molar-refractivity contribution in [3.63, 3.8) is 0 Å². The summed E-state index contributed by atoms with van der Waals surface area (Å²) in [7, 11) is 1.63. The van der Waals surface area contributed by atoms with Gasteiger partial charge in [-0.3, -0.25) is 0 Å². The highest BCUT2D eigenvalue weighted by atomic mass is 35.5. The first-order valence-corrected chi connectivity index (χ1v) is 14.7. The Labute approximate surface area is 260 Å². The molecule has 0 saturated carbocycles. The average Bonchev–Trinajstić information content (AvgIpc) is 3.30. The first kappa shape index (κ1) is 30.6. The summed E-state index contributed by atoms with van der Waals surface area (Å²) < 4.78 is 18.5. The predicted octanol–water partition coefficient (Wildman–Crippen LogP) is 6.51. The molecule has 0 radical (unpaired) electrons. The quantitative estimate of drug-likeness (QED) is 0.218. The zero-order chi connectivity index (χ0) is 30.8. The molecule has 4 aromatic rings. The first-order valence-electron chi connectivity index (χ1n) is 14.0. The summed E-state index contributed by atoms with van der Waals surface area (Å²) in [6.07, 6.45) is 4.58. The molecule has 5 rings (SSSR count). The van der Waals surface area contributed by atoms with Crippen LogP contribution < -0.4 is 19.7 Å². The van der Waals surface area contributed by atoms with Crippen LogP contribution in [-0.2, 0) is 11.3 Å². The minimum atomic E-state index is -0.534. The fraction of sp³-hybridized carbons (Fsp3) is 0.433. The Morgan fingerprint density at radius 1 is 1.09 bits per heavy atom. The number of hydrogen-bond acceptors (Lipinski definition) is 9. The van der Waals surface area contributed by atoms with Gasteiger partial charge in [0.05, 0.1) is 19.9 Å². The van der Waals surface area contributed by atoms with Gasteiger partial charge in [-0.15, -0.1) is 5.10 Å². The SMILES string of the molecule is COc1ccc(Cn2nc(Oc3ccnc(Cl)c3Cl)c3ncc(N4CCC(C)(CNC(=O)OC(C)(C)C)CC4)nc32)cc1. The van der Waals surface area contributed by atoms with Gasteiger partial charge in [0.25, 0.3) is 5.88 Å². The molecule has 1 saturated heterocycles. The van der Waals surface area contributed by atoms with Crippen molar-refractivity contribution in [2.75, 3.05) is 31.6 Å². The van der Waals surface area contributed by atoms with Crippen LogP contribution in [0.4, 0.5) is 10.6 Å². The third-order valence-corrected chi connectivity index (χ3v) is 8.01. The number of nitrogens with zero attached hydrogens (tertiary/aromatic N) is 6. The summed E-state index contributed by atoms with van der Waals surface area (Å²) >= 11 is 12.4. The fourth-order valence-corrected chi connectivity index (χ4v) is 5.08. The lowest BCUT2D eigenvalue weighted by Gasteiger charge is -2.40. The number of halogens is 2. The zero-order valence-electron chi connectivity index (χ0n) is 24.9. The van der Waals surface area contributed by atoms with Gasteiger partial charge in [0, 0.05) is 31.9 Å². The Morgan fingerprint density at radius 3 is 2.49 bits per heavy atom. The number of fused-ring (bicyclic) bond motifs is 1. The average molecular weight is 629 g/mol. The molecule has 0 spiro atoms. The molecule has 0 unspecified atom stereocenters. The van der Waals surface area contributed by atoms with Gasteiger partial charge in [0.2, 0.25) is 0 Å². The highest BCUT2D eigenvalue weighted by Gasteiger charge is 2.32. The van der Waals surface area contributed by atoms with E-state index in [-0.39, 0.29) is 21.5 Å². The lowest BCUT2D eigenvalue weighted by molar-refractivity contribution is 0.0495. The van der Waals surface area contributed by atoms with Crippen LogP contribution in [0.1, 0.15) is 46.1 Å². The van der Waals surface area contributed by atoms with Gasteiger partial charge in [-0.25, -0.2) is 24.4 Å². The molecule has 0 aliphatic carbocycles. The highest BCUT2D eigenvalue weighted by molar-refractivity contribution is 6.42. The maximum Gasteiger partial charge on any atom is 0.407 e. The molecule has 0 bridgehead atoms. The molecule has 4 heterocycles. The van der Waals surface area contributed by atoms with E-state index in [9.17, 15) is 4.79 Å². The summed E-state index contributed by atoms with van der Waals surface area (Å²) in [5.74, 6) is 2.08. The van der Waals surface area contributed by atoms with Crippen LogP contribution in [0, 0.1) is 5.41 Å². The number of carbonyl (C=O) groups excluding carboxylic acids is 1. The second-order valence-electron chi connectivity index (χ2n) is 11.9. The Morgan fingerprint density at radius 2 is 1.81 bits per heavy atom. The van der Waals surface area contributed by atoms with Crippen molar-refractivity contribution in [3.8, 4) is 17.4 Å². The van der Waals surface area contributed by atoms with Gasteiger partial charge < -0.3 is 24.4 Å². The monoisotopic (exact) mass is 627 g/mol. The van der Waals surface area contributed by atoms with Crippen LogP contribution in [0.5, 0.6) is 17.4 Å². The number of hydrogen-bond donors (Lipinski definition) is 1. The van der Waals surface area contributed by atoms with Gasteiger partial charge in [0.1, 0.15) is 22.2 Å². The van der Waals surface area contributed by atoms with E-state index < -0.39 is 11.7 Å². The number of pyridine rings is 1. The molecular formula is C30H35Cl2N7O4. The standard InChI is InChI=1S/C30H35Cl2N7O4/c1-29(2,3)43-28(40)35-18-30(4)11-14-38(15-12-30)22-16-34-24-26(36-22)39(17-19-6-8-20(41-5)9-7-19)37-27(24)42-21-10-13-33-25(32)23(21)31/h6-10,13,16H,11-12,14-15,17-18H2,1-5H3,(H,35,40). The van der Waals surface area contributed by atoms with E-state index in [0.717, 1.165) is 43.1 Å². The largest absolute Gasteiger partial charge is 0.497 e. The second-order valence-corrected chi connectivity index (χ2v) is 12.6. The molecule has 13 heteroatoms. The lowest BCUT2D eigenvalue weighted by atomic mass is 9.80. The van der Waals surface area contributed by atoms with E-state index in [1.807, 2.05) is 45.0 Å². The number of carbonyl (C=O) groups is 1. The van der Waals surface area contributed by atoms with Crippen molar-refractivity contribution in [2.24, 2.45) is 5.41 Å². The molecule has 1 N–H and O–H groups in total. The lowest BCUT2D eigenvalue weighted by Crippen LogP contribution is -2.46. The van der Waals surface area contributed by atoms with Crippen LogP contribution in [0.3, 0.4) is 0 Å². The number of aromatic nitrogens is 5. The summed E-state index contributed by atoms with van der Waals surface area (Å²) in [4.78, 5) is 28.1. The number of benzene rings is 1. The zero-order valence-corrected chi connectivity index (χ0v) is 26.4. The molecule has 0 atom stereocenters. The number of methoxy groups -OCH3 is 1. The van der Waals surface area contributed by atoms with Gasteiger partial charge in [-0.1, -0.05) is 42.3 Å².